The highest BCUT2D eigenvalue weighted by Crippen LogP contribution is 2.43. The van der Waals surface area contributed by atoms with Crippen molar-refractivity contribution in [2.24, 2.45) is 0 Å². The van der Waals surface area contributed by atoms with Crippen molar-refractivity contribution in [1.29, 1.82) is 0 Å². The van der Waals surface area contributed by atoms with Crippen LogP contribution in [0.1, 0.15) is 68.1 Å². The molecule has 8 aromatic rings. The Morgan fingerprint density at radius 3 is 1.31 bits per heavy atom. The molecule has 0 fully saturated rings. The van der Waals surface area contributed by atoms with Crippen LogP contribution in [0.2, 0.25) is 0 Å². The highest BCUT2D eigenvalue weighted by molar-refractivity contribution is 5.87. The predicted molar refractivity (Wildman–Crippen MR) is 291 cm³/mol. The number of hydrogen-bond donors (Lipinski definition) is 0. The predicted octanol–water partition coefficient (Wildman–Crippen LogP) is 18.7. The maximum atomic E-state index is 2.47. The van der Waals surface area contributed by atoms with Gasteiger partial charge in [0.1, 0.15) is 0 Å². The van der Waals surface area contributed by atoms with E-state index in [1.54, 1.807) is 0 Å². The Balaban J connectivity index is 0.899. The maximum Gasteiger partial charge on any atom is 0.0536 e. The number of benzene rings is 8. The number of para-hydroxylation sites is 1. The number of allylic oxidation sites excluding steroid dienone is 10. The number of anilines is 5. The van der Waals surface area contributed by atoms with Crippen LogP contribution in [0.15, 0.2) is 248 Å². The fourth-order valence-corrected chi connectivity index (χ4v) is 10.2. The van der Waals surface area contributed by atoms with E-state index in [1.807, 2.05) is 0 Å². The third-order valence-corrected chi connectivity index (χ3v) is 13.9. The molecule has 0 bridgehead atoms. The first-order valence-corrected chi connectivity index (χ1v) is 24.5. The Hall–Kier alpha value is -7.94. The molecule has 3 aliphatic rings. The number of nitrogens with zero attached hydrogens (tertiary/aromatic N) is 2. The van der Waals surface area contributed by atoms with E-state index in [1.165, 1.54) is 104 Å². The highest BCUT2D eigenvalue weighted by Gasteiger charge is 2.22. The summed E-state index contributed by atoms with van der Waals surface area (Å²) in [7, 11) is 0. The van der Waals surface area contributed by atoms with Gasteiger partial charge < -0.3 is 9.80 Å². The van der Waals surface area contributed by atoms with Gasteiger partial charge in [0, 0.05) is 34.0 Å². The lowest BCUT2D eigenvalue weighted by Gasteiger charge is -2.32. The van der Waals surface area contributed by atoms with Gasteiger partial charge in [-0.1, -0.05) is 182 Å². The maximum absolute atomic E-state index is 2.47. The van der Waals surface area contributed by atoms with Crippen LogP contribution < -0.4 is 9.80 Å². The molecule has 2 heteroatoms. The van der Waals surface area contributed by atoms with Gasteiger partial charge in [0.2, 0.25) is 0 Å². The van der Waals surface area contributed by atoms with Crippen LogP contribution in [-0.4, -0.2) is 0 Å². The minimum Gasteiger partial charge on any atom is -0.314 e. The molecule has 0 amide bonds. The second kappa shape index (κ2) is 19.9. The molecule has 330 valence electrons. The van der Waals surface area contributed by atoms with Crippen molar-refractivity contribution >= 4 is 45.2 Å². The van der Waals surface area contributed by atoms with Crippen molar-refractivity contribution in [1.82, 2.24) is 0 Å². The summed E-state index contributed by atoms with van der Waals surface area (Å²) in [5.74, 6) is 0. The Bertz CT molecular complexity index is 3150. The van der Waals surface area contributed by atoms with Crippen molar-refractivity contribution in [3.63, 3.8) is 0 Å². The van der Waals surface area contributed by atoms with Gasteiger partial charge in [0.25, 0.3) is 0 Å². The molecule has 0 heterocycles. The van der Waals surface area contributed by atoms with Crippen LogP contribution in [0.3, 0.4) is 0 Å². The molecule has 0 saturated carbocycles. The average molecular weight is 877 g/mol. The summed E-state index contributed by atoms with van der Waals surface area (Å²) in [5, 5.41) is 0. The molecular formula is C66H56N2. The zero-order valence-electron chi connectivity index (χ0n) is 38.6. The normalized spacial score (nSPS) is 14.6. The Morgan fingerprint density at radius 2 is 0.765 bits per heavy atom. The molecule has 8 aromatic carbocycles. The molecule has 0 unspecified atom stereocenters. The Kier molecular flexibility index (Phi) is 12.5. The van der Waals surface area contributed by atoms with Crippen molar-refractivity contribution in [2.45, 2.75) is 51.4 Å². The SMILES string of the molecule is C1=CCCC(c2ccc(N(c3ccc(C4=CCCCC4)cc3)c3ccc(-c4ccc(-c5ccccc5N(C5=CC=C(c6ccccc6)CC5)c5ccc(-c6ccccc6)cc5)cc4)cc3)cc2)=C1. The molecule has 0 atom stereocenters. The third kappa shape index (κ3) is 9.24. The average Bonchev–Trinajstić information content (AvgIpc) is 3.43. The fraction of sp³-hybridized carbons (Fsp3) is 0.121. The van der Waals surface area contributed by atoms with Crippen molar-refractivity contribution in [2.75, 3.05) is 9.80 Å². The van der Waals surface area contributed by atoms with E-state index in [-0.39, 0.29) is 0 Å². The minimum absolute atomic E-state index is 0.937. The molecule has 0 radical (unpaired) electrons. The molecule has 0 aliphatic heterocycles. The summed E-state index contributed by atoms with van der Waals surface area (Å²) in [4.78, 5) is 4.86. The minimum atomic E-state index is 0.937. The Labute approximate surface area is 402 Å². The number of rotatable bonds is 12. The van der Waals surface area contributed by atoms with Crippen LogP contribution in [0, 0.1) is 0 Å². The van der Waals surface area contributed by atoms with Crippen LogP contribution in [-0.2, 0) is 0 Å². The van der Waals surface area contributed by atoms with Gasteiger partial charge in [0.15, 0.2) is 0 Å². The van der Waals surface area contributed by atoms with Gasteiger partial charge in [-0.05, 0) is 173 Å². The first-order chi connectivity index (χ1) is 33.7. The lowest BCUT2D eigenvalue weighted by molar-refractivity contribution is 0.742. The van der Waals surface area contributed by atoms with Crippen molar-refractivity contribution in [3.8, 4) is 33.4 Å². The molecule has 0 spiro atoms. The first kappa shape index (κ1) is 42.7. The van der Waals surface area contributed by atoms with Crippen LogP contribution >= 0.6 is 0 Å². The van der Waals surface area contributed by atoms with E-state index in [9.17, 15) is 0 Å². The van der Waals surface area contributed by atoms with E-state index in [0.717, 1.165) is 48.4 Å². The van der Waals surface area contributed by atoms with E-state index >= 15 is 0 Å². The summed E-state index contributed by atoms with van der Waals surface area (Å²) in [5.41, 5.74) is 22.4. The van der Waals surface area contributed by atoms with E-state index in [0.29, 0.717) is 0 Å². The fourth-order valence-electron chi connectivity index (χ4n) is 10.2. The monoisotopic (exact) mass is 876 g/mol. The molecular weight excluding hydrogens is 821 g/mol. The third-order valence-electron chi connectivity index (χ3n) is 13.9. The van der Waals surface area contributed by atoms with E-state index < -0.39 is 0 Å². The Morgan fingerprint density at radius 1 is 0.294 bits per heavy atom. The van der Waals surface area contributed by atoms with Gasteiger partial charge in [-0.3, -0.25) is 0 Å². The summed E-state index contributed by atoms with van der Waals surface area (Å²) in [6.45, 7) is 0. The first-order valence-electron chi connectivity index (χ1n) is 24.5. The zero-order chi connectivity index (χ0) is 45.5. The van der Waals surface area contributed by atoms with E-state index in [2.05, 4.69) is 253 Å². The van der Waals surface area contributed by atoms with Gasteiger partial charge in [0.05, 0.1) is 5.69 Å². The largest absolute Gasteiger partial charge is 0.314 e. The second-order valence-corrected chi connectivity index (χ2v) is 18.2. The molecule has 0 N–H and O–H groups in total. The lowest BCUT2D eigenvalue weighted by Crippen LogP contribution is -2.18. The molecule has 68 heavy (non-hydrogen) atoms. The smallest absolute Gasteiger partial charge is 0.0536 e. The van der Waals surface area contributed by atoms with Crippen molar-refractivity contribution in [3.05, 3.63) is 265 Å². The molecule has 2 nitrogen and oxygen atoms in total. The quantitative estimate of drug-likeness (QED) is 0.121. The van der Waals surface area contributed by atoms with Crippen LogP contribution in [0.25, 0.3) is 50.1 Å². The summed E-state index contributed by atoms with van der Waals surface area (Å²) < 4.78 is 0. The summed E-state index contributed by atoms with van der Waals surface area (Å²) in [6, 6.07) is 75.9. The molecule has 0 saturated heterocycles. The van der Waals surface area contributed by atoms with E-state index in [4.69, 9.17) is 0 Å². The summed E-state index contributed by atoms with van der Waals surface area (Å²) in [6.07, 6.45) is 22.8. The topological polar surface area (TPSA) is 6.48 Å². The van der Waals surface area contributed by atoms with Crippen LogP contribution in [0.4, 0.5) is 28.4 Å². The molecule has 0 aromatic heterocycles. The van der Waals surface area contributed by atoms with Gasteiger partial charge in [-0.25, -0.2) is 0 Å². The van der Waals surface area contributed by atoms with Gasteiger partial charge >= 0.3 is 0 Å². The molecule has 11 rings (SSSR count). The zero-order valence-corrected chi connectivity index (χ0v) is 38.6. The standard InChI is InChI=1S/C66H56N2/c1-5-15-49(16-6-1)54-29-39-60(40-30-54)67(61-41-31-55(32-42-61)50-17-7-2-8-18-50)62-43-33-58(34-44-62)53-25-27-59(28-26-53)65-23-13-14-24-66(65)68(63-45-35-56(36-46-63)51-19-9-3-10-20-51)64-47-37-57(38-48-64)52-21-11-4-12-22-52/h1,3-5,9-15,17,19-37,39-47H,2,6-8,16,18,38,48H2. The highest BCUT2D eigenvalue weighted by atomic mass is 15.2. The summed E-state index contributed by atoms with van der Waals surface area (Å²) >= 11 is 0. The lowest BCUT2D eigenvalue weighted by atomic mass is 9.93. The van der Waals surface area contributed by atoms with Gasteiger partial charge in [-0.2, -0.15) is 0 Å². The molecule has 3 aliphatic carbocycles. The van der Waals surface area contributed by atoms with Gasteiger partial charge in [-0.15, -0.1) is 0 Å². The van der Waals surface area contributed by atoms with Crippen molar-refractivity contribution < 1.29 is 0 Å². The second-order valence-electron chi connectivity index (χ2n) is 18.2. The van der Waals surface area contributed by atoms with Crippen LogP contribution in [0.5, 0.6) is 0 Å². The number of hydrogen-bond acceptors (Lipinski definition) is 2.